The number of carbonyl (C=O) groups is 4. The van der Waals surface area contributed by atoms with E-state index in [1.807, 2.05) is 18.9 Å². The fourth-order valence-corrected chi connectivity index (χ4v) is 4.95. The Morgan fingerprint density at radius 2 is 1.95 bits per heavy atom. The largest absolute Gasteiger partial charge is 0.359 e. The van der Waals surface area contributed by atoms with Gasteiger partial charge in [-0.05, 0) is 57.2 Å². The quantitative estimate of drug-likeness (QED) is 0.208. The number of rotatable bonds is 10. The topological polar surface area (TPSA) is 160 Å². The van der Waals surface area contributed by atoms with E-state index in [2.05, 4.69) is 36.8 Å². The van der Waals surface area contributed by atoms with Crippen molar-refractivity contribution in [3.05, 3.63) is 18.3 Å². The Balaban J connectivity index is 1.48. The monoisotopic (exact) mass is 543 g/mol. The third-order valence-electron chi connectivity index (χ3n) is 7.31. The number of carbonyl (C=O) groups excluding carboxylic acids is 4. The van der Waals surface area contributed by atoms with Crippen LogP contribution in [0.4, 0.5) is 16.3 Å². The Kier molecular flexibility index (Phi) is 11.0. The molecule has 1 aromatic rings. The second-order valence-corrected chi connectivity index (χ2v) is 10.0. The van der Waals surface area contributed by atoms with Crippen LogP contribution in [0.1, 0.15) is 39.0 Å². The number of likely N-dealkylation sites (N-methyl/N-ethyl adjacent to an activating group) is 2. The van der Waals surface area contributed by atoms with Gasteiger partial charge in [0.05, 0.1) is 11.7 Å². The van der Waals surface area contributed by atoms with Crippen molar-refractivity contribution < 1.29 is 19.2 Å². The van der Waals surface area contributed by atoms with Crippen molar-refractivity contribution >= 4 is 41.5 Å². The minimum atomic E-state index is -0.492. The lowest BCUT2D eigenvalue weighted by Crippen LogP contribution is -2.51. The van der Waals surface area contributed by atoms with E-state index in [4.69, 9.17) is 0 Å². The van der Waals surface area contributed by atoms with Crippen LogP contribution in [0.25, 0.3) is 0 Å². The van der Waals surface area contributed by atoms with Gasteiger partial charge in [-0.15, -0.1) is 0 Å². The summed E-state index contributed by atoms with van der Waals surface area (Å²) in [6, 6.07) is 2.16. The highest BCUT2D eigenvalue weighted by molar-refractivity contribution is 6.05. The Morgan fingerprint density at radius 3 is 2.62 bits per heavy atom. The normalized spacial score (nSPS) is 22.1. The van der Waals surface area contributed by atoms with Gasteiger partial charge in [0, 0.05) is 45.5 Å². The number of nitrogens with one attached hydrogen (secondary N) is 5. The molecule has 0 spiro atoms. The van der Waals surface area contributed by atoms with Gasteiger partial charge in [0.25, 0.3) is 0 Å². The molecule has 5 N–H and O–H groups in total. The second kappa shape index (κ2) is 14.4. The number of nitrogens with zero attached hydrogens (tertiary/aromatic N) is 4. The maximum Gasteiger partial charge on any atom is 0.335 e. The van der Waals surface area contributed by atoms with Crippen LogP contribution in [0.2, 0.25) is 0 Å². The smallest absolute Gasteiger partial charge is 0.335 e. The van der Waals surface area contributed by atoms with Crippen molar-refractivity contribution in [2.45, 2.75) is 51.1 Å². The Labute approximate surface area is 229 Å². The van der Waals surface area contributed by atoms with E-state index in [1.165, 1.54) is 11.1 Å². The van der Waals surface area contributed by atoms with Gasteiger partial charge < -0.3 is 26.2 Å². The summed E-state index contributed by atoms with van der Waals surface area (Å²) in [6.07, 6.45) is 7.08. The van der Waals surface area contributed by atoms with Gasteiger partial charge in [-0.3, -0.25) is 19.3 Å². The lowest BCUT2D eigenvalue weighted by Gasteiger charge is -2.27. The van der Waals surface area contributed by atoms with E-state index >= 15 is 0 Å². The third kappa shape index (κ3) is 8.12. The van der Waals surface area contributed by atoms with Crippen LogP contribution < -0.4 is 36.5 Å². The number of fused-ring (bicyclic) bond motifs is 1. The summed E-state index contributed by atoms with van der Waals surface area (Å²) >= 11 is 0. The van der Waals surface area contributed by atoms with Crippen LogP contribution in [0.15, 0.2) is 23.4 Å². The van der Waals surface area contributed by atoms with Crippen molar-refractivity contribution in [1.29, 1.82) is 0 Å². The maximum atomic E-state index is 13.2. The van der Waals surface area contributed by atoms with Crippen molar-refractivity contribution in [3.8, 4) is 0 Å². The average molecular weight is 544 g/mol. The SMILES string of the molecule is CC[C@@H](/C=N/NC(=O)NCC1CCC(C(=O)NC)CC1)NC(=O)CN1C(=O)[C@@H](NC)CN(C)c2ncccc21. The highest BCUT2D eigenvalue weighted by Gasteiger charge is 2.33. The lowest BCUT2D eigenvalue weighted by molar-refractivity contribution is -0.125. The second-order valence-electron chi connectivity index (χ2n) is 10.0. The van der Waals surface area contributed by atoms with E-state index in [1.54, 1.807) is 32.4 Å². The number of amides is 5. The molecule has 2 aliphatic rings. The number of pyridine rings is 1. The number of hydrazone groups is 1. The Hall–Kier alpha value is -3.74. The molecule has 0 saturated heterocycles. The number of hydrogen-bond donors (Lipinski definition) is 5. The van der Waals surface area contributed by atoms with Gasteiger partial charge in [0.1, 0.15) is 12.6 Å². The van der Waals surface area contributed by atoms with E-state index in [0.29, 0.717) is 36.9 Å². The van der Waals surface area contributed by atoms with Crippen molar-refractivity contribution in [1.82, 2.24) is 31.7 Å². The summed E-state index contributed by atoms with van der Waals surface area (Å²) in [4.78, 5) is 57.8. The van der Waals surface area contributed by atoms with Gasteiger partial charge in [0.15, 0.2) is 5.82 Å². The van der Waals surface area contributed by atoms with Crippen LogP contribution in [0.5, 0.6) is 0 Å². The van der Waals surface area contributed by atoms with Crippen molar-refractivity contribution in [3.63, 3.8) is 0 Å². The first kappa shape index (κ1) is 29.8. The summed E-state index contributed by atoms with van der Waals surface area (Å²) in [5.74, 6) is 0.523. The summed E-state index contributed by atoms with van der Waals surface area (Å²) in [5.41, 5.74) is 3.01. The van der Waals surface area contributed by atoms with Gasteiger partial charge in [-0.1, -0.05) is 6.92 Å². The molecule has 0 radical (unpaired) electrons. The standard InChI is InChI=1S/C26H41N9O4/c1-5-19(14-31-33-26(39)30-13-17-8-10-18(11-9-17)24(37)28-3)32-22(36)16-35-21-7-6-12-29-23(21)34(4)15-20(27-2)25(35)38/h6-7,12,14,17-20,27H,5,8-11,13,15-16H2,1-4H3,(H,28,37)(H,32,36)(H2,30,33,39)/b31-14+/t17?,18?,19-,20-/m0/s1. The predicted molar refractivity (Wildman–Crippen MR) is 149 cm³/mol. The van der Waals surface area contributed by atoms with E-state index < -0.39 is 18.1 Å². The van der Waals surface area contributed by atoms with Crippen LogP contribution in [-0.4, -0.2) is 87.8 Å². The molecule has 2 atom stereocenters. The minimum absolute atomic E-state index is 0.0563. The first-order valence-corrected chi connectivity index (χ1v) is 13.5. The number of urea groups is 1. The Morgan fingerprint density at radius 1 is 1.21 bits per heavy atom. The summed E-state index contributed by atoms with van der Waals surface area (Å²) in [5, 5.41) is 15.4. The number of anilines is 2. The van der Waals surface area contributed by atoms with E-state index in [0.717, 1.165) is 25.7 Å². The molecule has 1 aliphatic carbocycles. The van der Waals surface area contributed by atoms with Crippen molar-refractivity contribution in [2.24, 2.45) is 16.9 Å². The fraction of sp³-hybridized carbons (Fsp3) is 0.615. The zero-order chi connectivity index (χ0) is 28.4. The van der Waals surface area contributed by atoms with Gasteiger partial charge in [-0.2, -0.15) is 5.10 Å². The van der Waals surface area contributed by atoms with Gasteiger partial charge >= 0.3 is 6.03 Å². The molecule has 2 heterocycles. The maximum absolute atomic E-state index is 13.2. The summed E-state index contributed by atoms with van der Waals surface area (Å²) < 4.78 is 0. The van der Waals surface area contributed by atoms with Gasteiger partial charge in [0.2, 0.25) is 17.7 Å². The Bertz CT molecular complexity index is 1040. The zero-order valence-electron chi connectivity index (χ0n) is 23.2. The molecule has 1 fully saturated rings. The highest BCUT2D eigenvalue weighted by atomic mass is 16.2. The number of hydrogen-bond acceptors (Lipinski definition) is 8. The minimum Gasteiger partial charge on any atom is -0.359 e. The first-order chi connectivity index (χ1) is 18.8. The fourth-order valence-electron chi connectivity index (χ4n) is 4.95. The molecule has 39 heavy (non-hydrogen) atoms. The summed E-state index contributed by atoms with van der Waals surface area (Å²) in [6.45, 7) is 2.64. The van der Waals surface area contributed by atoms with E-state index in [-0.39, 0.29) is 30.2 Å². The molecule has 1 aromatic heterocycles. The third-order valence-corrected chi connectivity index (χ3v) is 7.31. The predicted octanol–water partition coefficient (Wildman–Crippen LogP) is 0.185. The lowest BCUT2D eigenvalue weighted by atomic mass is 9.81. The van der Waals surface area contributed by atoms with Crippen molar-refractivity contribution in [2.75, 3.05) is 50.6 Å². The molecular weight excluding hydrogens is 502 g/mol. The molecule has 0 bridgehead atoms. The van der Waals surface area contributed by atoms with Gasteiger partial charge in [-0.25, -0.2) is 15.2 Å². The molecule has 0 unspecified atom stereocenters. The van der Waals surface area contributed by atoms with Crippen LogP contribution in [-0.2, 0) is 14.4 Å². The molecule has 214 valence electrons. The molecular formula is C26H41N9O4. The summed E-state index contributed by atoms with van der Waals surface area (Å²) in [7, 11) is 5.22. The molecule has 0 aromatic carbocycles. The molecule has 3 rings (SSSR count). The molecule has 1 aliphatic heterocycles. The molecule has 1 saturated carbocycles. The van der Waals surface area contributed by atoms with Crippen LogP contribution >= 0.6 is 0 Å². The van der Waals surface area contributed by atoms with E-state index in [9.17, 15) is 19.2 Å². The zero-order valence-corrected chi connectivity index (χ0v) is 23.2. The van der Waals surface area contributed by atoms with Crippen LogP contribution in [0.3, 0.4) is 0 Å². The molecule has 13 nitrogen and oxygen atoms in total. The highest BCUT2D eigenvalue weighted by Crippen LogP contribution is 2.30. The average Bonchev–Trinajstić information content (AvgIpc) is 3.05. The van der Waals surface area contributed by atoms with Crippen LogP contribution in [0, 0.1) is 11.8 Å². The first-order valence-electron chi connectivity index (χ1n) is 13.5. The molecule has 5 amide bonds. The number of aromatic nitrogens is 1. The molecule has 13 heteroatoms.